The third kappa shape index (κ3) is 5.25. The first-order valence-corrected chi connectivity index (χ1v) is 10.3. The van der Waals surface area contributed by atoms with Crippen molar-refractivity contribution in [3.8, 4) is 17.2 Å². The van der Waals surface area contributed by atoms with Crippen molar-refractivity contribution in [3.63, 3.8) is 0 Å². The highest BCUT2D eigenvalue weighted by molar-refractivity contribution is 5.98. The van der Waals surface area contributed by atoms with Crippen molar-refractivity contribution in [1.29, 1.82) is 0 Å². The number of aryl methyl sites for hydroxylation is 1. The number of nitrogens with zero attached hydrogens (tertiary/aromatic N) is 1. The van der Waals surface area contributed by atoms with Crippen LogP contribution in [0, 0.1) is 18.8 Å². The van der Waals surface area contributed by atoms with E-state index in [1.165, 1.54) is 6.42 Å². The van der Waals surface area contributed by atoms with Crippen LogP contribution in [0.25, 0.3) is 11.5 Å². The summed E-state index contributed by atoms with van der Waals surface area (Å²) in [6.45, 7) is 6.19. The Kier molecular flexibility index (Phi) is 6.72. The van der Waals surface area contributed by atoms with Crippen LogP contribution in [-0.4, -0.2) is 29.8 Å². The highest BCUT2D eigenvalue weighted by Crippen LogP contribution is 2.29. The van der Waals surface area contributed by atoms with Crippen molar-refractivity contribution in [3.05, 3.63) is 35.7 Å². The summed E-state index contributed by atoms with van der Waals surface area (Å²) in [5.74, 6) is 2.49. The van der Waals surface area contributed by atoms with E-state index in [9.17, 15) is 9.59 Å². The van der Waals surface area contributed by atoms with Crippen LogP contribution in [0.4, 0.5) is 0 Å². The number of methoxy groups -OCH3 is 1. The van der Waals surface area contributed by atoms with Gasteiger partial charge in [-0.25, -0.2) is 4.98 Å². The summed E-state index contributed by atoms with van der Waals surface area (Å²) in [4.78, 5) is 29.2. The van der Waals surface area contributed by atoms with Gasteiger partial charge in [0.15, 0.2) is 0 Å². The maximum atomic E-state index is 12.4. The van der Waals surface area contributed by atoms with Crippen molar-refractivity contribution in [2.75, 3.05) is 7.11 Å². The Labute approximate surface area is 172 Å². The molecule has 0 saturated heterocycles. The van der Waals surface area contributed by atoms with Crippen LogP contribution in [0.15, 0.2) is 28.7 Å². The molecule has 1 amide bonds. The second kappa shape index (κ2) is 9.25. The van der Waals surface area contributed by atoms with Gasteiger partial charge >= 0.3 is 0 Å². The first kappa shape index (κ1) is 21.1. The van der Waals surface area contributed by atoms with Gasteiger partial charge < -0.3 is 14.5 Å². The number of aromatic nitrogens is 1. The fraction of sp³-hybridized carbons (Fsp3) is 0.522. The van der Waals surface area contributed by atoms with Gasteiger partial charge in [0, 0.05) is 11.6 Å². The van der Waals surface area contributed by atoms with E-state index in [4.69, 9.17) is 9.15 Å². The van der Waals surface area contributed by atoms with Crippen LogP contribution in [0.3, 0.4) is 0 Å². The molecule has 1 aromatic heterocycles. The molecule has 1 aliphatic carbocycles. The van der Waals surface area contributed by atoms with Crippen LogP contribution >= 0.6 is 0 Å². The van der Waals surface area contributed by atoms with E-state index in [1.54, 1.807) is 14.0 Å². The van der Waals surface area contributed by atoms with Gasteiger partial charge in [-0.15, -0.1) is 0 Å². The Morgan fingerprint density at radius 2 is 1.93 bits per heavy atom. The zero-order chi connectivity index (χ0) is 21.0. The van der Waals surface area contributed by atoms with E-state index in [-0.39, 0.29) is 30.6 Å². The molecule has 1 heterocycles. The molecule has 0 aliphatic heterocycles. The lowest BCUT2D eigenvalue weighted by molar-refractivity contribution is -0.128. The number of nitrogens with one attached hydrogen (secondary N) is 1. The Bertz CT molecular complexity index is 856. The minimum Gasteiger partial charge on any atom is -0.497 e. The number of ether oxygens (including phenoxy) is 1. The van der Waals surface area contributed by atoms with Crippen LogP contribution in [0.2, 0.25) is 0 Å². The molecule has 0 radical (unpaired) electrons. The van der Waals surface area contributed by atoms with E-state index < -0.39 is 0 Å². The molecule has 1 fully saturated rings. The smallest absolute Gasteiger partial charge is 0.227 e. The van der Waals surface area contributed by atoms with Gasteiger partial charge in [-0.2, -0.15) is 0 Å². The molecule has 3 unspecified atom stereocenters. The second-order valence-electron chi connectivity index (χ2n) is 8.08. The zero-order valence-electron chi connectivity index (χ0n) is 17.7. The number of carbonyl (C=O) groups excluding carboxylic acids is 2. The molecule has 1 aromatic carbocycles. The van der Waals surface area contributed by atoms with Crippen molar-refractivity contribution in [2.45, 2.75) is 58.9 Å². The monoisotopic (exact) mass is 398 g/mol. The lowest BCUT2D eigenvalue weighted by Crippen LogP contribution is -2.44. The summed E-state index contributed by atoms with van der Waals surface area (Å²) in [5, 5.41) is 3.06. The number of benzene rings is 1. The number of carbonyl (C=O) groups is 2. The number of rotatable bonds is 7. The lowest BCUT2D eigenvalue weighted by Gasteiger charge is -2.34. The molecule has 1 N–H and O–H groups in total. The molecule has 1 aliphatic rings. The van der Waals surface area contributed by atoms with E-state index in [0.29, 0.717) is 29.2 Å². The molecular weight excluding hydrogens is 368 g/mol. The molecule has 3 rings (SSSR count). The molecule has 29 heavy (non-hydrogen) atoms. The number of hydrogen-bond acceptors (Lipinski definition) is 5. The Hall–Kier alpha value is -2.63. The summed E-state index contributed by atoms with van der Waals surface area (Å²) >= 11 is 0. The molecule has 6 nitrogen and oxygen atoms in total. The predicted molar refractivity (Wildman–Crippen MR) is 111 cm³/mol. The molecular formula is C23H30N2O4. The number of ketones is 1. The lowest BCUT2D eigenvalue weighted by atomic mass is 9.78. The molecule has 3 atom stereocenters. The van der Waals surface area contributed by atoms with E-state index in [1.807, 2.05) is 24.3 Å². The number of amides is 1. The Morgan fingerprint density at radius 1 is 1.21 bits per heavy atom. The van der Waals surface area contributed by atoms with Crippen molar-refractivity contribution < 1.29 is 18.7 Å². The molecule has 0 bridgehead atoms. The van der Waals surface area contributed by atoms with Crippen molar-refractivity contribution in [1.82, 2.24) is 10.3 Å². The van der Waals surface area contributed by atoms with Gasteiger partial charge in [0.2, 0.25) is 11.8 Å². The normalized spacial score (nSPS) is 21.6. The van der Waals surface area contributed by atoms with Gasteiger partial charge in [-0.3, -0.25) is 9.59 Å². The third-order valence-electron chi connectivity index (χ3n) is 6.01. The van der Waals surface area contributed by atoms with Crippen LogP contribution < -0.4 is 10.1 Å². The molecule has 156 valence electrons. The van der Waals surface area contributed by atoms with E-state index in [2.05, 4.69) is 24.1 Å². The number of oxazole rings is 1. The average molecular weight is 399 g/mol. The summed E-state index contributed by atoms with van der Waals surface area (Å²) in [7, 11) is 1.61. The van der Waals surface area contributed by atoms with Crippen LogP contribution in [-0.2, 0) is 16.0 Å². The quantitative estimate of drug-likeness (QED) is 0.710. The first-order chi connectivity index (χ1) is 13.9. The van der Waals surface area contributed by atoms with Gasteiger partial charge in [-0.1, -0.05) is 26.7 Å². The predicted octanol–water partition coefficient (Wildman–Crippen LogP) is 4.10. The van der Waals surface area contributed by atoms with Gasteiger partial charge in [-0.05, 0) is 49.4 Å². The average Bonchev–Trinajstić information content (AvgIpc) is 3.05. The van der Waals surface area contributed by atoms with Gasteiger partial charge in [0.05, 0.1) is 25.6 Å². The fourth-order valence-electron chi connectivity index (χ4n) is 3.92. The van der Waals surface area contributed by atoms with Crippen molar-refractivity contribution in [2.24, 2.45) is 11.8 Å². The zero-order valence-corrected chi connectivity index (χ0v) is 17.7. The van der Waals surface area contributed by atoms with E-state index >= 15 is 0 Å². The molecule has 1 saturated carbocycles. The van der Waals surface area contributed by atoms with Gasteiger partial charge in [0.1, 0.15) is 17.3 Å². The molecule has 6 heteroatoms. The summed E-state index contributed by atoms with van der Waals surface area (Å²) < 4.78 is 10.9. The highest BCUT2D eigenvalue weighted by atomic mass is 16.5. The first-order valence-electron chi connectivity index (χ1n) is 10.3. The largest absolute Gasteiger partial charge is 0.497 e. The SMILES string of the molecule is COc1ccc(-c2nc(CC(=O)CC(=O)NC3CCCC(C)C3C)c(C)o2)cc1. The van der Waals surface area contributed by atoms with Crippen LogP contribution in [0.5, 0.6) is 5.75 Å². The third-order valence-corrected chi connectivity index (χ3v) is 6.01. The molecule has 0 spiro atoms. The van der Waals surface area contributed by atoms with Gasteiger partial charge in [0.25, 0.3) is 0 Å². The molecule has 2 aromatic rings. The highest BCUT2D eigenvalue weighted by Gasteiger charge is 2.28. The number of Topliss-reactive ketones (excluding diaryl/α,β-unsaturated/α-hetero) is 1. The standard InChI is InChI=1S/C23H30N2O4/c1-14-6-5-7-20(15(14)2)24-22(27)13-18(26)12-21-16(3)29-23(25-21)17-8-10-19(28-4)11-9-17/h8-11,14-15,20H,5-7,12-13H2,1-4H3,(H,24,27). The summed E-state index contributed by atoms with van der Waals surface area (Å²) in [5.41, 5.74) is 1.39. The van der Waals surface area contributed by atoms with Crippen molar-refractivity contribution >= 4 is 11.7 Å². The Balaban J connectivity index is 1.57. The number of hydrogen-bond donors (Lipinski definition) is 1. The second-order valence-corrected chi connectivity index (χ2v) is 8.08. The maximum absolute atomic E-state index is 12.4. The minimum atomic E-state index is -0.197. The summed E-state index contributed by atoms with van der Waals surface area (Å²) in [6.07, 6.45) is 3.28. The van der Waals surface area contributed by atoms with E-state index in [0.717, 1.165) is 24.2 Å². The van der Waals surface area contributed by atoms with Crippen LogP contribution in [0.1, 0.15) is 51.0 Å². The topological polar surface area (TPSA) is 81.4 Å². The minimum absolute atomic E-state index is 0.0928. The Morgan fingerprint density at radius 3 is 2.62 bits per heavy atom. The summed E-state index contributed by atoms with van der Waals surface area (Å²) in [6, 6.07) is 7.54. The maximum Gasteiger partial charge on any atom is 0.227 e. The fourth-order valence-corrected chi connectivity index (χ4v) is 3.92.